The van der Waals surface area contributed by atoms with E-state index >= 15 is 0 Å². The molecule has 1 aliphatic rings. The van der Waals surface area contributed by atoms with E-state index in [1.54, 1.807) is 11.3 Å². The lowest BCUT2D eigenvalue weighted by Crippen LogP contribution is -2.35. The van der Waals surface area contributed by atoms with E-state index in [9.17, 15) is 0 Å². The van der Waals surface area contributed by atoms with E-state index in [2.05, 4.69) is 46.3 Å². The smallest absolute Gasteiger partial charge is 0.194 e. The molecule has 1 aromatic heterocycles. The van der Waals surface area contributed by atoms with E-state index in [1.165, 1.54) is 10.4 Å². The summed E-state index contributed by atoms with van der Waals surface area (Å²) in [6, 6.07) is 10.3. The van der Waals surface area contributed by atoms with Crippen LogP contribution in [0.15, 0.2) is 35.3 Å². The maximum absolute atomic E-state index is 4.67. The van der Waals surface area contributed by atoms with Gasteiger partial charge in [-0.3, -0.25) is 4.99 Å². The molecule has 21 heavy (non-hydrogen) atoms. The highest BCUT2D eigenvalue weighted by atomic mass is 127. The average Bonchev–Trinajstić information content (AvgIpc) is 3.04. The minimum Gasteiger partial charge on any atom is -0.351 e. The van der Waals surface area contributed by atoms with Crippen molar-refractivity contribution < 1.29 is 0 Å². The summed E-state index contributed by atoms with van der Waals surface area (Å²) >= 11 is 1.75. The lowest BCUT2D eigenvalue weighted by molar-refractivity contribution is 0.534. The summed E-state index contributed by atoms with van der Waals surface area (Å²) in [5, 5.41) is 4.48. The first-order valence-electron chi connectivity index (χ1n) is 6.75. The number of halogens is 1. The molecule has 0 aliphatic carbocycles. The van der Waals surface area contributed by atoms with Gasteiger partial charge in [0.1, 0.15) is 5.01 Å². The van der Waals surface area contributed by atoms with Gasteiger partial charge in [0, 0.05) is 24.0 Å². The normalized spacial score (nSPS) is 13.8. The highest BCUT2D eigenvalue weighted by Crippen LogP contribution is 2.27. The Bertz CT molecular complexity index is 624. The predicted octanol–water partition coefficient (Wildman–Crippen LogP) is 3.13. The third-order valence-electron chi connectivity index (χ3n) is 3.38. The molecule has 0 saturated carbocycles. The van der Waals surface area contributed by atoms with Crippen molar-refractivity contribution in [2.75, 3.05) is 20.1 Å². The van der Waals surface area contributed by atoms with Gasteiger partial charge in [0.05, 0.1) is 18.8 Å². The first kappa shape index (κ1) is 16.2. The predicted molar refractivity (Wildman–Crippen MR) is 99.5 cm³/mol. The monoisotopic (exact) mass is 414 g/mol. The Kier molecular flexibility index (Phi) is 5.58. The van der Waals surface area contributed by atoms with E-state index in [4.69, 9.17) is 0 Å². The molecule has 0 atom stereocenters. The lowest BCUT2D eigenvalue weighted by atomic mass is 10.2. The lowest BCUT2D eigenvalue weighted by Gasteiger charge is -2.14. The van der Waals surface area contributed by atoms with Crippen molar-refractivity contribution in [2.45, 2.75) is 13.5 Å². The number of aryl methyl sites for hydroxylation is 1. The summed E-state index contributed by atoms with van der Waals surface area (Å²) in [7, 11) is 2.06. The zero-order valence-electron chi connectivity index (χ0n) is 12.2. The van der Waals surface area contributed by atoms with Gasteiger partial charge in [0.15, 0.2) is 5.96 Å². The molecule has 0 spiro atoms. The molecule has 1 aliphatic heterocycles. The van der Waals surface area contributed by atoms with Crippen LogP contribution < -0.4 is 5.32 Å². The van der Waals surface area contributed by atoms with Crippen LogP contribution in [0.5, 0.6) is 0 Å². The molecule has 112 valence electrons. The van der Waals surface area contributed by atoms with Gasteiger partial charge >= 0.3 is 0 Å². The van der Waals surface area contributed by atoms with Crippen molar-refractivity contribution in [1.82, 2.24) is 15.2 Å². The SMILES string of the molecule is Cc1nc(-c2ccccc2)sc1CNC1=NCCN1C.I. The first-order chi connectivity index (χ1) is 9.74. The largest absolute Gasteiger partial charge is 0.351 e. The zero-order chi connectivity index (χ0) is 13.9. The Hall–Kier alpha value is -1.15. The second-order valence-electron chi connectivity index (χ2n) is 4.87. The molecule has 0 unspecified atom stereocenters. The molecule has 0 saturated heterocycles. The molecular weight excluding hydrogens is 395 g/mol. The van der Waals surface area contributed by atoms with Gasteiger partial charge in [0.2, 0.25) is 0 Å². The van der Waals surface area contributed by atoms with Crippen LogP contribution in [0, 0.1) is 6.92 Å². The second kappa shape index (κ2) is 7.22. The van der Waals surface area contributed by atoms with Gasteiger partial charge in [-0.1, -0.05) is 30.3 Å². The molecule has 2 aromatic rings. The first-order valence-corrected chi connectivity index (χ1v) is 7.57. The summed E-state index contributed by atoms with van der Waals surface area (Å²) in [4.78, 5) is 12.5. The third kappa shape index (κ3) is 3.74. The highest BCUT2D eigenvalue weighted by Gasteiger charge is 2.14. The maximum Gasteiger partial charge on any atom is 0.194 e. The fourth-order valence-corrected chi connectivity index (χ4v) is 3.19. The van der Waals surface area contributed by atoms with E-state index in [0.717, 1.165) is 36.3 Å². The van der Waals surface area contributed by atoms with Crippen molar-refractivity contribution in [3.8, 4) is 10.6 Å². The fourth-order valence-electron chi connectivity index (χ4n) is 2.18. The highest BCUT2D eigenvalue weighted by molar-refractivity contribution is 14.0. The topological polar surface area (TPSA) is 40.5 Å². The minimum atomic E-state index is 0. The number of rotatable bonds is 3. The summed E-state index contributed by atoms with van der Waals surface area (Å²) in [6.45, 7) is 4.74. The van der Waals surface area contributed by atoms with Crippen molar-refractivity contribution in [2.24, 2.45) is 4.99 Å². The molecule has 1 N–H and O–H groups in total. The third-order valence-corrected chi connectivity index (χ3v) is 4.59. The van der Waals surface area contributed by atoms with Gasteiger partial charge in [0.25, 0.3) is 0 Å². The van der Waals surface area contributed by atoms with Crippen LogP contribution in [0.1, 0.15) is 10.6 Å². The summed E-state index contributed by atoms with van der Waals surface area (Å²) < 4.78 is 0. The Morgan fingerprint density at radius 3 is 2.71 bits per heavy atom. The molecule has 0 amide bonds. The van der Waals surface area contributed by atoms with E-state index in [1.807, 2.05) is 18.2 Å². The molecule has 0 fully saturated rings. The maximum atomic E-state index is 4.67. The molecule has 1 aromatic carbocycles. The van der Waals surface area contributed by atoms with Crippen molar-refractivity contribution in [1.29, 1.82) is 0 Å². The number of benzene rings is 1. The number of nitrogens with one attached hydrogen (secondary N) is 1. The molecule has 3 rings (SSSR count). The second-order valence-corrected chi connectivity index (χ2v) is 5.96. The van der Waals surface area contributed by atoms with Gasteiger partial charge < -0.3 is 10.2 Å². The number of guanidine groups is 1. The van der Waals surface area contributed by atoms with E-state index < -0.39 is 0 Å². The molecule has 6 heteroatoms. The van der Waals surface area contributed by atoms with Crippen LogP contribution in [-0.2, 0) is 6.54 Å². The number of aromatic nitrogens is 1. The standard InChI is InChI=1S/C15H18N4S.HI/c1-11-13(10-17-15-16-8-9-19(15)2)20-14(18-11)12-6-4-3-5-7-12;/h3-7H,8-10H2,1-2H3,(H,16,17);1H. The van der Waals surface area contributed by atoms with E-state index in [0.29, 0.717) is 0 Å². The van der Waals surface area contributed by atoms with Crippen LogP contribution in [0.2, 0.25) is 0 Å². The van der Waals surface area contributed by atoms with Crippen LogP contribution >= 0.6 is 35.3 Å². The summed E-state index contributed by atoms with van der Waals surface area (Å²) in [6.07, 6.45) is 0. The number of hydrogen-bond donors (Lipinski definition) is 1. The Morgan fingerprint density at radius 1 is 1.29 bits per heavy atom. The van der Waals surface area contributed by atoms with Crippen LogP contribution in [-0.4, -0.2) is 36.0 Å². The Morgan fingerprint density at radius 2 is 2.05 bits per heavy atom. The number of aliphatic imine (C=N–C) groups is 1. The number of thiazole rings is 1. The fraction of sp³-hybridized carbons (Fsp3) is 0.333. The molecule has 0 bridgehead atoms. The van der Waals surface area contributed by atoms with E-state index in [-0.39, 0.29) is 24.0 Å². The van der Waals surface area contributed by atoms with Gasteiger partial charge in [-0.25, -0.2) is 4.98 Å². The molecule has 4 nitrogen and oxygen atoms in total. The van der Waals surface area contributed by atoms with Crippen molar-refractivity contribution >= 4 is 41.3 Å². The molecule has 2 heterocycles. The Labute approximate surface area is 146 Å². The van der Waals surface area contributed by atoms with Crippen LogP contribution in [0.25, 0.3) is 10.6 Å². The van der Waals surface area contributed by atoms with Crippen molar-refractivity contribution in [3.05, 3.63) is 40.9 Å². The van der Waals surface area contributed by atoms with Gasteiger partial charge in [-0.15, -0.1) is 35.3 Å². The molecular formula is C15H19IN4S. The average molecular weight is 414 g/mol. The number of hydrogen-bond acceptors (Lipinski definition) is 5. The number of likely N-dealkylation sites (N-methyl/N-ethyl adjacent to an activating group) is 1. The van der Waals surface area contributed by atoms with Gasteiger partial charge in [-0.05, 0) is 6.92 Å². The van der Waals surface area contributed by atoms with Gasteiger partial charge in [-0.2, -0.15) is 0 Å². The zero-order valence-corrected chi connectivity index (χ0v) is 15.3. The Balaban J connectivity index is 0.00000161. The minimum absolute atomic E-state index is 0. The molecule has 0 radical (unpaired) electrons. The summed E-state index contributed by atoms with van der Waals surface area (Å²) in [5.41, 5.74) is 2.28. The van der Waals surface area contributed by atoms with Crippen molar-refractivity contribution in [3.63, 3.8) is 0 Å². The quantitative estimate of drug-likeness (QED) is 0.785. The number of nitrogens with zero attached hydrogens (tertiary/aromatic N) is 3. The van der Waals surface area contributed by atoms with Crippen LogP contribution in [0.3, 0.4) is 0 Å². The van der Waals surface area contributed by atoms with Crippen LogP contribution in [0.4, 0.5) is 0 Å². The summed E-state index contributed by atoms with van der Waals surface area (Å²) in [5.74, 6) is 0.985.